The molecule has 0 aromatic carbocycles. The highest BCUT2D eigenvalue weighted by atomic mass is 16.6. The van der Waals surface area contributed by atoms with E-state index in [9.17, 15) is 9.90 Å². The highest BCUT2D eigenvalue weighted by Crippen LogP contribution is 2.30. The van der Waals surface area contributed by atoms with E-state index in [1.165, 1.54) is 0 Å². The molecule has 0 bridgehead atoms. The topological polar surface area (TPSA) is 78.8 Å². The van der Waals surface area contributed by atoms with Crippen LogP contribution in [-0.2, 0) is 4.74 Å². The van der Waals surface area contributed by atoms with Gasteiger partial charge in [-0.25, -0.2) is 14.8 Å². The molecule has 1 N–H and O–H groups in total. The van der Waals surface area contributed by atoms with Crippen LogP contribution in [0, 0.1) is 13.8 Å². The normalized spacial score (nSPS) is 25.6. The zero-order valence-electron chi connectivity index (χ0n) is 11.7. The van der Waals surface area contributed by atoms with Gasteiger partial charge >= 0.3 is 6.09 Å². The van der Waals surface area contributed by atoms with Gasteiger partial charge in [-0.3, -0.25) is 4.90 Å². The summed E-state index contributed by atoms with van der Waals surface area (Å²) in [7, 11) is 0. The molecule has 1 aromatic heterocycles. The highest BCUT2D eigenvalue weighted by Gasteiger charge is 2.50. The Labute approximate surface area is 117 Å². The van der Waals surface area contributed by atoms with Crippen LogP contribution in [0.1, 0.15) is 11.5 Å². The van der Waals surface area contributed by atoms with E-state index >= 15 is 0 Å². The van der Waals surface area contributed by atoms with Crippen molar-refractivity contribution in [2.45, 2.75) is 19.4 Å². The number of piperazine rings is 1. The summed E-state index contributed by atoms with van der Waals surface area (Å²) in [6, 6.07) is 1.92. The molecule has 2 aliphatic rings. The molecule has 0 radical (unpaired) electrons. The maximum Gasteiger partial charge on any atom is 0.410 e. The summed E-state index contributed by atoms with van der Waals surface area (Å²) in [5.41, 5.74) is 0.258. The quantitative estimate of drug-likeness (QED) is 0.826. The minimum Gasteiger partial charge on any atom is -0.447 e. The predicted octanol–water partition coefficient (Wildman–Crippen LogP) is 0.0967. The maximum absolute atomic E-state index is 11.7. The third kappa shape index (κ3) is 1.98. The first-order valence-electron chi connectivity index (χ1n) is 6.67. The Bertz CT molecular complexity index is 530. The number of carbonyl (C=O) groups is 1. The number of aliphatic hydroxyl groups is 1. The molecule has 20 heavy (non-hydrogen) atoms. The lowest BCUT2D eigenvalue weighted by molar-refractivity contribution is 0.0764. The van der Waals surface area contributed by atoms with E-state index in [2.05, 4.69) is 14.9 Å². The molecule has 0 saturated carbocycles. The summed E-state index contributed by atoms with van der Waals surface area (Å²) in [4.78, 5) is 24.1. The summed E-state index contributed by atoms with van der Waals surface area (Å²) in [5, 5.41) is 9.71. The molecule has 0 aliphatic carbocycles. The van der Waals surface area contributed by atoms with Gasteiger partial charge in [0.25, 0.3) is 0 Å². The Balaban J connectivity index is 1.89. The van der Waals surface area contributed by atoms with Crippen LogP contribution in [0.2, 0.25) is 0 Å². The first-order chi connectivity index (χ1) is 9.54. The lowest BCUT2D eigenvalue weighted by atomic mass is 9.97. The van der Waals surface area contributed by atoms with Crippen LogP contribution in [0.25, 0.3) is 0 Å². The number of cyclic esters (lactones) is 1. The van der Waals surface area contributed by atoms with Gasteiger partial charge in [-0.1, -0.05) is 0 Å². The van der Waals surface area contributed by atoms with Crippen molar-refractivity contribution in [3.05, 3.63) is 17.6 Å². The third-order valence-corrected chi connectivity index (χ3v) is 3.91. The summed E-state index contributed by atoms with van der Waals surface area (Å²) in [5.74, 6) is 1.56. The van der Waals surface area contributed by atoms with Crippen LogP contribution in [0.15, 0.2) is 6.07 Å². The molecule has 2 saturated heterocycles. The van der Waals surface area contributed by atoms with E-state index in [4.69, 9.17) is 4.74 Å². The molecule has 3 heterocycles. The zero-order chi connectivity index (χ0) is 14.3. The standard InChI is InChI=1S/C13H18N4O3/c1-9-5-11(15-10(2)14-9)16-3-4-17-12(19)20-8-13(17,6-16)7-18/h5,18H,3-4,6-8H2,1-2H3. The molecule has 2 fully saturated rings. The monoisotopic (exact) mass is 278 g/mol. The van der Waals surface area contributed by atoms with Crippen molar-refractivity contribution in [1.29, 1.82) is 0 Å². The van der Waals surface area contributed by atoms with Crippen LogP contribution < -0.4 is 4.90 Å². The van der Waals surface area contributed by atoms with Crippen LogP contribution in [0.4, 0.5) is 10.6 Å². The van der Waals surface area contributed by atoms with E-state index in [0.717, 1.165) is 17.3 Å². The van der Waals surface area contributed by atoms with E-state index in [-0.39, 0.29) is 19.3 Å². The first kappa shape index (κ1) is 13.1. The number of amides is 1. The lowest BCUT2D eigenvalue weighted by Crippen LogP contribution is -2.63. The van der Waals surface area contributed by atoms with Crippen molar-refractivity contribution < 1.29 is 14.6 Å². The van der Waals surface area contributed by atoms with Crippen molar-refractivity contribution in [3.63, 3.8) is 0 Å². The molecule has 7 nitrogen and oxygen atoms in total. The number of hydrogen-bond donors (Lipinski definition) is 1. The fourth-order valence-electron chi connectivity index (χ4n) is 2.90. The van der Waals surface area contributed by atoms with Crippen molar-refractivity contribution in [2.75, 3.05) is 37.7 Å². The number of rotatable bonds is 2. The second-order valence-electron chi connectivity index (χ2n) is 5.42. The average Bonchev–Trinajstić information content (AvgIpc) is 2.75. The van der Waals surface area contributed by atoms with E-state index in [1.807, 2.05) is 19.9 Å². The summed E-state index contributed by atoms with van der Waals surface area (Å²) < 4.78 is 5.09. The van der Waals surface area contributed by atoms with Crippen molar-refractivity contribution in [3.8, 4) is 0 Å². The Morgan fingerprint density at radius 2 is 2.20 bits per heavy atom. The van der Waals surface area contributed by atoms with E-state index in [0.29, 0.717) is 19.6 Å². The third-order valence-electron chi connectivity index (χ3n) is 3.91. The molecular weight excluding hydrogens is 260 g/mol. The average molecular weight is 278 g/mol. The molecular formula is C13H18N4O3. The van der Waals surface area contributed by atoms with Gasteiger partial charge < -0.3 is 14.7 Å². The number of aromatic nitrogens is 2. The number of nitrogens with zero attached hydrogens (tertiary/aromatic N) is 4. The lowest BCUT2D eigenvalue weighted by Gasteiger charge is -2.44. The van der Waals surface area contributed by atoms with Gasteiger partial charge in [0.15, 0.2) is 0 Å². The van der Waals surface area contributed by atoms with Crippen LogP contribution in [0.5, 0.6) is 0 Å². The predicted molar refractivity (Wildman–Crippen MR) is 71.6 cm³/mol. The van der Waals surface area contributed by atoms with Gasteiger partial charge in [0, 0.05) is 31.4 Å². The Kier molecular flexibility index (Phi) is 3.01. The molecule has 1 amide bonds. The molecule has 7 heteroatoms. The summed E-state index contributed by atoms with van der Waals surface area (Å²) in [6.07, 6.45) is -0.339. The number of hydrogen-bond acceptors (Lipinski definition) is 6. The van der Waals surface area contributed by atoms with Crippen molar-refractivity contribution in [2.24, 2.45) is 0 Å². The SMILES string of the molecule is Cc1cc(N2CCN3C(=O)OCC3(CO)C2)nc(C)n1. The van der Waals surface area contributed by atoms with Gasteiger partial charge in [0.05, 0.1) is 6.61 Å². The number of fused-ring (bicyclic) bond motifs is 1. The molecule has 1 unspecified atom stereocenters. The minimum absolute atomic E-state index is 0.113. The number of aliphatic hydroxyl groups excluding tert-OH is 1. The fourth-order valence-corrected chi connectivity index (χ4v) is 2.90. The fraction of sp³-hybridized carbons (Fsp3) is 0.615. The number of ether oxygens (including phenoxy) is 1. The second kappa shape index (κ2) is 4.59. The first-order valence-corrected chi connectivity index (χ1v) is 6.67. The van der Waals surface area contributed by atoms with Crippen molar-refractivity contribution >= 4 is 11.9 Å². The van der Waals surface area contributed by atoms with Crippen LogP contribution >= 0.6 is 0 Å². The van der Waals surface area contributed by atoms with Crippen molar-refractivity contribution in [1.82, 2.24) is 14.9 Å². The molecule has 1 aromatic rings. The van der Waals surface area contributed by atoms with Gasteiger partial charge in [0.2, 0.25) is 0 Å². The Morgan fingerprint density at radius 1 is 1.40 bits per heavy atom. The van der Waals surface area contributed by atoms with Gasteiger partial charge in [0.1, 0.15) is 23.8 Å². The highest BCUT2D eigenvalue weighted by molar-refractivity contribution is 5.72. The van der Waals surface area contributed by atoms with Gasteiger partial charge in [-0.15, -0.1) is 0 Å². The number of anilines is 1. The van der Waals surface area contributed by atoms with Gasteiger partial charge in [-0.2, -0.15) is 0 Å². The Morgan fingerprint density at radius 3 is 2.90 bits per heavy atom. The number of aryl methyl sites for hydroxylation is 2. The summed E-state index contributed by atoms with van der Waals surface area (Å²) in [6.45, 7) is 5.62. The van der Waals surface area contributed by atoms with E-state index < -0.39 is 5.54 Å². The molecule has 0 spiro atoms. The second-order valence-corrected chi connectivity index (χ2v) is 5.42. The van der Waals surface area contributed by atoms with E-state index in [1.54, 1.807) is 4.90 Å². The smallest absolute Gasteiger partial charge is 0.410 e. The molecule has 1 atom stereocenters. The zero-order valence-corrected chi connectivity index (χ0v) is 11.7. The molecule has 3 rings (SSSR count). The van der Waals surface area contributed by atoms with Crippen LogP contribution in [0.3, 0.4) is 0 Å². The van der Waals surface area contributed by atoms with Crippen LogP contribution in [-0.4, -0.2) is 64.5 Å². The maximum atomic E-state index is 11.7. The minimum atomic E-state index is -0.651. The molecule has 108 valence electrons. The Hall–Kier alpha value is -1.89. The largest absolute Gasteiger partial charge is 0.447 e. The number of carbonyl (C=O) groups excluding carboxylic acids is 1. The van der Waals surface area contributed by atoms with Gasteiger partial charge in [-0.05, 0) is 13.8 Å². The summed E-state index contributed by atoms with van der Waals surface area (Å²) >= 11 is 0. The molecule has 2 aliphatic heterocycles.